The van der Waals surface area contributed by atoms with Gasteiger partial charge in [-0.2, -0.15) is 0 Å². The molecule has 0 spiro atoms. The van der Waals surface area contributed by atoms with Gasteiger partial charge in [0.25, 0.3) is 0 Å². The van der Waals surface area contributed by atoms with Crippen molar-refractivity contribution in [2.75, 3.05) is 30.8 Å². The van der Waals surface area contributed by atoms with Crippen LogP contribution in [-0.4, -0.2) is 57.6 Å². The first-order valence-corrected chi connectivity index (χ1v) is 14.8. The van der Waals surface area contributed by atoms with Gasteiger partial charge >= 0.3 is 0 Å². The number of benzene rings is 3. The second kappa shape index (κ2) is 14.3. The lowest BCUT2D eigenvalue weighted by Gasteiger charge is -2.32. The predicted octanol–water partition coefficient (Wildman–Crippen LogP) is 4.02. The van der Waals surface area contributed by atoms with Crippen LogP contribution in [0.3, 0.4) is 0 Å². The molecule has 0 aliphatic heterocycles. The molecule has 39 heavy (non-hydrogen) atoms. The minimum atomic E-state index is -3.63. The quantitative estimate of drug-likeness (QED) is 0.327. The molecule has 0 bridgehead atoms. The fourth-order valence-electron chi connectivity index (χ4n) is 4.44. The summed E-state index contributed by atoms with van der Waals surface area (Å²) < 4.78 is 31.9. The molecule has 9 heteroatoms. The van der Waals surface area contributed by atoms with Crippen molar-refractivity contribution in [2.45, 2.75) is 38.8 Å². The van der Waals surface area contributed by atoms with E-state index in [9.17, 15) is 18.0 Å². The van der Waals surface area contributed by atoms with E-state index in [1.165, 1.54) is 11.4 Å². The van der Waals surface area contributed by atoms with Gasteiger partial charge in [-0.3, -0.25) is 13.9 Å². The molecular formula is C30H37N3O5S. The maximum atomic E-state index is 13.7. The Bertz CT molecular complexity index is 1320. The number of ether oxygens (including phenoxy) is 1. The van der Waals surface area contributed by atoms with Crippen molar-refractivity contribution in [3.63, 3.8) is 0 Å². The van der Waals surface area contributed by atoms with Gasteiger partial charge in [-0.25, -0.2) is 8.42 Å². The summed E-state index contributed by atoms with van der Waals surface area (Å²) in [6.45, 7) is 2.64. The molecule has 0 saturated heterocycles. The van der Waals surface area contributed by atoms with Crippen LogP contribution in [0.4, 0.5) is 5.69 Å². The van der Waals surface area contributed by atoms with Gasteiger partial charge in [-0.1, -0.05) is 72.8 Å². The zero-order valence-electron chi connectivity index (χ0n) is 22.7. The smallest absolute Gasteiger partial charge is 0.243 e. The molecule has 0 unspecified atom stereocenters. The van der Waals surface area contributed by atoms with Crippen LogP contribution in [-0.2, 0) is 32.6 Å². The number of hydrogen-bond acceptors (Lipinski definition) is 5. The highest BCUT2D eigenvalue weighted by Crippen LogP contribution is 2.30. The lowest BCUT2D eigenvalue weighted by Crippen LogP contribution is -2.50. The third kappa shape index (κ3) is 8.58. The molecule has 0 radical (unpaired) electrons. The van der Waals surface area contributed by atoms with E-state index in [1.807, 2.05) is 67.6 Å². The molecule has 0 fully saturated rings. The first kappa shape index (κ1) is 29.7. The van der Waals surface area contributed by atoms with Gasteiger partial charge in [0, 0.05) is 32.5 Å². The normalized spacial score (nSPS) is 11.9. The molecule has 2 amide bonds. The van der Waals surface area contributed by atoms with Gasteiger partial charge in [-0.15, -0.1) is 0 Å². The Hall–Kier alpha value is -3.85. The second-order valence-corrected chi connectivity index (χ2v) is 11.1. The average Bonchev–Trinajstić information content (AvgIpc) is 2.93. The van der Waals surface area contributed by atoms with Crippen LogP contribution in [0, 0.1) is 0 Å². The Morgan fingerprint density at radius 3 is 2.08 bits per heavy atom. The summed E-state index contributed by atoms with van der Waals surface area (Å²) in [4.78, 5) is 28.6. The highest BCUT2D eigenvalue weighted by atomic mass is 32.2. The van der Waals surface area contributed by atoms with E-state index in [-0.39, 0.29) is 37.7 Å². The van der Waals surface area contributed by atoms with Crippen molar-refractivity contribution in [1.82, 2.24) is 10.2 Å². The molecule has 3 rings (SSSR count). The zero-order chi connectivity index (χ0) is 28.3. The van der Waals surface area contributed by atoms with Crippen LogP contribution < -0.4 is 14.4 Å². The molecule has 3 aromatic carbocycles. The molecule has 1 atom stereocenters. The monoisotopic (exact) mass is 551 g/mol. The average molecular weight is 552 g/mol. The molecule has 0 aromatic heterocycles. The van der Waals surface area contributed by atoms with Gasteiger partial charge < -0.3 is 15.0 Å². The van der Waals surface area contributed by atoms with Gasteiger partial charge in [0.15, 0.2) is 0 Å². The fraction of sp³-hybridized carbons (Fsp3) is 0.333. The van der Waals surface area contributed by atoms with Crippen LogP contribution in [0.15, 0.2) is 84.9 Å². The van der Waals surface area contributed by atoms with Crippen LogP contribution >= 0.6 is 0 Å². The Morgan fingerprint density at radius 1 is 0.897 bits per heavy atom. The third-order valence-electron chi connectivity index (χ3n) is 6.32. The van der Waals surface area contributed by atoms with Gasteiger partial charge in [-0.05, 0) is 36.6 Å². The van der Waals surface area contributed by atoms with Crippen molar-refractivity contribution in [2.24, 2.45) is 0 Å². The highest BCUT2D eigenvalue weighted by molar-refractivity contribution is 7.92. The van der Waals surface area contributed by atoms with E-state index in [0.29, 0.717) is 24.4 Å². The molecule has 0 aliphatic rings. The van der Waals surface area contributed by atoms with Crippen LogP contribution in [0.5, 0.6) is 5.75 Å². The highest BCUT2D eigenvalue weighted by Gasteiger charge is 2.30. The minimum absolute atomic E-state index is 0.0682. The molecule has 0 heterocycles. The number of nitrogens with zero attached hydrogens (tertiary/aromatic N) is 2. The number of sulfonamides is 1. The Labute approximate surface area is 231 Å². The zero-order valence-corrected chi connectivity index (χ0v) is 23.6. The van der Waals surface area contributed by atoms with E-state index in [4.69, 9.17) is 4.74 Å². The van der Waals surface area contributed by atoms with E-state index in [0.717, 1.165) is 17.4 Å². The van der Waals surface area contributed by atoms with Crippen molar-refractivity contribution in [3.8, 4) is 5.75 Å². The van der Waals surface area contributed by atoms with Crippen molar-refractivity contribution >= 4 is 27.5 Å². The van der Waals surface area contributed by atoms with Crippen molar-refractivity contribution in [1.29, 1.82) is 0 Å². The number of carbonyl (C=O) groups excluding carboxylic acids is 2. The maximum Gasteiger partial charge on any atom is 0.243 e. The topological polar surface area (TPSA) is 96.0 Å². The summed E-state index contributed by atoms with van der Waals surface area (Å²) in [6, 6.07) is 25.3. The number of hydrogen-bond donors (Lipinski definition) is 1. The molecular weight excluding hydrogens is 514 g/mol. The largest absolute Gasteiger partial charge is 0.495 e. The van der Waals surface area contributed by atoms with Gasteiger partial charge in [0.1, 0.15) is 11.8 Å². The third-order valence-corrected chi connectivity index (χ3v) is 7.50. The summed E-state index contributed by atoms with van der Waals surface area (Å²) in [7, 11) is -2.15. The summed E-state index contributed by atoms with van der Waals surface area (Å²) in [5, 5.41) is 2.88. The Morgan fingerprint density at radius 2 is 1.49 bits per heavy atom. The summed E-state index contributed by atoms with van der Waals surface area (Å²) in [6.07, 6.45) is 1.83. The molecule has 3 aromatic rings. The number of anilines is 1. The molecule has 0 saturated carbocycles. The SMILES string of the molecule is CCNC(=O)[C@@H](Cc1ccccc1)N(Cc1ccccc1)C(=O)CCCN(c1ccccc1OC)S(C)(=O)=O. The van der Waals surface area contributed by atoms with E-state index in [2.05, 4.69) is 5.32 Å². The predicted molar refractivity (Wildman–Crippen MR) is 154 cm³/mol. The lowest BCUT2D eigenvalue weighted by molar-refractivity contribution is -0.141. The summed E-state index contributed by atoms with van der Waals surface area (Å²) in [5.74, 6) is -0.0175. The number of rotatable bonds is 14. The van der Waals surface area contributed by atoms with Crippen LogP contribution in [0.1, 0.15) is 30.9 Å². The van der Waals surface area contributed by atoms with Crippen molar-refractivity contribution in [3.05, 3.63) is 96.1 Å². The van der Waals surface area contributed by atoms with E-state index >= 15 is 0 Å². The summed E-state index contributed by atoms with van der Waals surface area (Å²) in [5.41, 5.74) is 2.26. The lowest BCUT2D eigenvalue weighted by atomic mass is 10.0. The molecule has 8 nitrogen and oxygen atoms in total. The first-order valence-electron chi connectivity index (χ1n) is 13.0. The number of carbonyl (C=O) groups is 2. The Balaban J connectivity index is 1.85. The van der Waals surface area contributed by atoms with E-state index in [1.54, 1.807) is 29.2 Å². The maximum absolute atomic E-state index is 13.7. The minimum Gasteiger partial charge on any atom is -0.495 e. The fourth-order valence-corrected chi connectivity index (χ4v) is 5.41. The first-order chi connectivity index (χ1) is 18.7. The number of para-hydroxylation sites is 2. The van der Waals surface area contributed by atoms with Gasteiger partial charge in [0.05, 0.1) is 19.1 Å². The van der Waals surface area contributed by atoms with Crippen LogP contribution in [0.2, 0.25) is 0 Å². The van der Waals surface area contributed by atoms with E-state index < -0.39 is 16.1 Å². The number of nitrogens with one attached hydrogen (secondary N) is 1. The number of amides is 2. The van der Waals surface area contributed by atoms with Crippen molar-refractivity contribution < 1.29 is 22.7 Å². The standard InChI is InChI=1S/C30H37N3O5S/c1-4-31-30(35)27(22-24-14-7-5-8-15-24)32(23-25-16-9-6-10-17-25)29(34)20-13-21-33(39(3,36)37)26-18-11-12-19-28(26)38-2/h5-12,14-19,27H,4,13,20-23H2,1-3H3,(H,31,35)/t27-/m1/s1. The molecule has 1 N–H and O–H groups in total. The molecule has 0 aliphatic carbocycles. The number of methoxy groups -OCH3 is 1. The summed E-state index contributed by atoms with van der Waals surface area (Å²) >= 11 is 0. The number of likely N-dealkylation sites (N-methyl/N-ethyl adjacent to an activating group) is 1. The second-order valence-electron chi connectivity index (χ2n) is 9.22. The Kier molecular flexibility index (Phi) is 10.9. The molecule has 208 valence electrons. The van der Waals surface area contributed by atoms with Gasteiger partial charge in [0.2, 0.25) is 21.8 Å². The van der Waals surface area contributed by atoms with Crippen LogP contribution in [0.25, 0.3) is 0 Å².